The van der Waals surface area contributed by atoms with Crippen LogP contribution >= 0.6 is 0 Å². The molecule has 4 heteroatoms. The summed E-state index contributed by atoms with van der Waals surface area (Å²) in [7, 11) is 0. The highest BCUT2D eigenvalue weighted by atomic mass is 16.5. The molecule has 6 atom stereocenters. The Hall–Kier alpha value is -1.58. The molecule has 29 heavy (non-hydrogen) atoms. The summed E-state index contributed by atoms with van der Waals surface area (Å²) in [6, 6.07) is 0. The van der Waals surface area contributed by atoms with Crippen molar-refractivity contribution in [2.24, 2.45) is 28.6 Å². The van der Waals surface area contributed by atoms with Gasteiger partial charge in [0.1, 0.15) is 12.7 Å². The van der Waals surface area contributed by atoms with Crippen LogP contribution in [0.25, 0.3) is 0 Å². The number of hydrogen-bond acceptors (Lipinski definition) is 4. The Morgan fingerprint density at radius 2 is 1.79 bits per heavy atom. The Morgan fingerprint density at radius 1 is 1.07 bits per heavy atom. The number of fused-ring (bicyclic) bond motifs is 5. The molecule has 4 nitrogen and oxygen atoms in total. The van der Waals surface area contributed by atoms with E-state index in [0.717, 1.165) is 43.4 Å². The minimum atomic E-state index is -0.201. The van der Waals surface area contributed by atoms with E-state index >= 15 is 0 Å². The van der Waals surface area contributed by atoms with E-state index in [4.69, 9.17) is 9.47 Å². The average molecular weight is 401 g/mol. The monoisotopic (exact) mass is 400 g/mol. The maximum Gasteiger partial charge on any atom is 0.302 e. The van der Waals surface area contributed by atoms with E-state index in [-0.39, 0.29) is 28.9 Å². The molecule has 4 rings (SSSR count). The standard InChI is InChI=1S/C25H36O4/c1-16(26)28-14-11-18-6-8-22-21-7-5-19-15-20(29-17(2)27)9-12-25(19,4)23(21)10-13-24(18,22)3/h5,11,20-23H,6-10,12-15H2,1-4H3/b18-11+. The van der Waals surface area contributed by atoms with Crippen LogP contribution in [-0.2, 0) is 19.1 Å². The predicted molar refractivity (Wildman–Crippen MR) is 112 cm³/mol. The van der Waals surface area contributed by atoms with Gasteiger partial charge in [0.2, 0.25) is 0 Å². The van der Waals surface area contributed by atoms with Gasteiger partial charge in [-0.05, 0) is 79.6 Å². The molecule has 0 aromatic heterocycles. The van der Waals surface area contributed by atoms with Crippen molar-refractivity contribution in [1.29, 1.82) is 0 Å². The van der Waals surface area contributed by atoms with E-state index in [9.17, 15) is 9.59 Å². The fourth-order valence-electron chi connectivity index (χ4n) is 7.41. The Balaban J connectivity index is 1.52. The molecule has 0 heterocycles. The van der Waals surface area contributed by atoms with E-state index < -0.39 is 0 Å². The van der Waals surface area contributed by atoms with E-state index in [2.05, 4.69) is 26.0 Å². The van der Waals surface area contributed by atoms with Crippen molar-refractivity contribution >= 4 is 11.9 Å². The fraction of sp³-hybridized carbons (Fsp3) is 0.760. The molecule has 0 aromatic rings. The molecule has 0 bridgehead atoms. The number of carbonyl (C=O) groups is 2. The van der Waals surface area contributed by atoms with Gasteiger partial charge in [0.25, 0.3) is 0 Å². The van der Waals surface area contributed by atoms with Crippen LogP contribution in [0.1, 0.15) is 79.1 Å². The number of carbonyl (C=O) groups excluding carboxylic acids is 2. The molecule has 3 fully saturated rings. The SMILES string of the molecule is CC(=O)OC/C=C1\CCC2C3CC=C4CC(OC(C)=O)CCC4(C)C3CCC12C. The molecular weight excluding hydrogens is 364 g/mol. The second-order valence-electron chi connectivity index (χ2n) is 10.3. The normalized spacial score (nSPS) is 42.3. The summed E-state index contributed by atoms with van der Waals surface area (Å²) < 4.78 is 10.8. The first-order valence-corrected chi connectivity index (χ1v) is 11.4. The zero-order valence-electron chi connectivity index (χ0n) is 18.5. The summed E-state index contributed by atoms with van der Waals surface area (Å²) in [6.45, 7) is 8.36. The summed E-state index contributed by atoms with van der Waals surface area (Å²) >= 11 is 0. The number of hydrogen-bond donors (Lipinski definition) is 0. The third-order valence-electron chi connectivity index (χ3n) is 8.86. The molecule has 4 aliphatic carbocycles. The molecule has 0 N–H and O–H groups in total. The molecule has 0 radical (unpaired) electrons. The zero-order valence-corrected chi connectivity index (χ0v) is 18.5. The quantitative estimate of drug-likeness (QED) is 0.472. The van der Waals surface area contributed by atoms with Crippen LogP contribution < -0.4 is 0 Å². The Morgan fingerprint density at radius 3 is 2.52 bits per heavy atom. The van der Waals surface area contributed by atoms with Crippen molar-refractivity contribution in [3.63, 3.8) is 0 Å². The summed E-state index contributed by atoms with van der Waals surface area (Å²) in [5.74, 6) is 1.86. The number of allylic oxidation sites excluding steroid dienone is 2. The van der Waals surface area contributed by atoms with Crippen molar-refractivity contribution in [3.8, 4) is 0 Å². The number of esters is 2. The second kappa shape index (κ2) is 7.59. The highest BCUT2D eigenvalue weighted by Gasteiger charge is 2.57. The summed E-state index contributed by atoms with van der Waals surface area (Å²) in [5.41, 5.74) is 3.59. The van der Waals surface area contributed by atoms with Crippen molar-refractivity contribution in [3.05, 3.63) is 23.3 Å². The first kappa shape index (κ1) is 20.7. The van der Waals surface area contributed by atoms with Crippen LogP contribution in [0.4, 0.5) is 0 Å². The molecular formula is C25H36O4. The first-order chi connectivity index (χ1) is 13.7. The molecule has 3 saturated carbocycles. The molecule has 0 aliphatic heterocycles. The summed E-state index contributed by atoms with van der Waals surface area (Å²) in [5, 5.41) is 0. The first-order valence-electron chi connectivity index (χ1n) is 11.4. The lowest BCUT2D eigenvalue weighted by atomic mass is 9.48. The van der Waals surface area contributed by atoms with Crippen LogP contribution in [0.3, 0.4) is 0 Å². The number of ether oxygens (including phenoxy) is 2. The van der Waals surface area contributed by atoms with E-state index in [1.807, 2.05) is 0 Å². The van der Waals surface area contributed by atoms with Gasteiger partial charge in [-0.25, -0.2) is 0 Å². The Labute approximate surface area is 175 Å². The van der Waals surface area contributed by atoms with Crippen LogP contribution in [-0.4, -0.2) is 24.6 Å². The highest BCUT2D eigenvalue weighted by Crippen LogP contribution is 2.66. The van der Waals surface area contributed by atoms with Gasteiger partial charge in [0.05, 0.1) is 0 Å². The molecule has 6 unspecified atom stereocenters. The van der Waals surface area contributed by atoms with Crippen LogP contribution in [0.2, 0.25) is 0 Å². The molecule has 4 aliphatic rings. The molecule has 0 spiro atoms. The maximum atomic E-state index is 11.4. The topological polar surface area (TPSA) is 52.6 Å². The lowest BCUT2D eigenvalue weighted by Crippen LogP contribution is -2.49. The van der Waals surface area contributed by atoms with Crippen molar-refractivity contribution in [2.45, 2.75) is 85.2 Å². The van der Waals surface area contributed by atoms with Crippen molar-refractivity contribution < 1.29 is 19.1 Å². The minimum Gasteiger partial charge on any atom is -0.462 e. The second-order valence-corrected chi connectivity index (χ2v) is 10.3. The Kier molecular flexibility index (Phi) is 5.41. The fourth-order valence-corrected chi connectivity index (χ4v) is 7.41. The van der Waals surface area contributed by atoms with Gasteiger partial charge >= 0.3 is 11.9 Å². The van der Waals surface area contributed by atoms with Gasteiger partial charge in [0, 0.05) is 20.3 Å². The average Bonchev–Trinajstić information content (AvgIpc) is 2.98. The summed E-state index contributed by atoms with van der Waals surface area (Å²) in [4.78, 5) is 22.5. The van der Waals surface area contributed by atoms with Crippen molar-refractivity contribution in [2.75, 3.05) is 6.61 Å². The van der Waals surface area contributed by atoms with Crippen LogP contribution in [0, 0.1) is 28.6 Å². The van der Waals surface area contributed by atoms with E-state index in [1.54, 1.807) is 5.57 Å². The van der Waals surface area contributed by atoms with Gasteiger partial charge in [0.15, 0.2) is 0 Å². The zero-order chi connectivity index (χ0) is 20.8. The minimum absolute atomic E-state index is 0.0690. The largest absolute Gasteiger partial charge is 0.462 e. The molecule has 0 aromatic carbocycles. The van der Waals surface area contributed by atoms with Crippen molar-refractivity contribution in [1.82, 2.24) is 0 Å². The maximum absolute atomic E-state index is 11.4. The smallest absolute Gasteiger partial charge is 0.302 e. The molecule has 0 saturated heterocycles. The van der Waals surface area contributed by atoms with Gasteiger partial charge in [-0.3, -0.25) is 9.59 Å². The van der Waals surface area contributed by atoms with Crippen LogP contribution in [0.15, 0.2) is 23.3 Å². The highest BCUT2D eigenvalue weighted by molar-refractivity contribution is 5.66. The third kappa shape index (κ3) is 3.57. The summed E-state index contributed by atoms with van der Waals surface area (Å²) in [6.07, 6.45) is 13.9. The van der Waals surface area contributed by atoms with E-state index in [0.29, 0.717) is 6.61 Å². The van der Waals surface area contributed by atoms with E-state index in [1.165, 1.54) is 45.1 Å². The van der Waals surface area contributed by atoms with Gasteiger partial charge in [-0.2, -0.15) is 0 Å². The van der Waals surface area contributed by atoms with Gasteiger partial charge in [-0.15, -0.1) is 0 Å². The van der Waals surface area contributed by atoms with Crippen LogP contribution in [0.5, 0.6) is 0 Å². The third-order valence-corrected chi connectivity index (χ3v) is 8.86. The lowest BCUT2D eigenvalue weighted by molar-refractivity contribution is -0.148. The predicted octanol–water partition coefficient (Wildman–Crippen LogP) is 5.37. The lowest BCUT2D eigenvalue weighted by Gasteiger charge is -2.57. The number of rotatable bonds is 3. The Bertz CT molecular complexity index is 750. The van der Waals surface area contributed by atoms with Gasteiger partial charge < -0.3 is 9.47 Å². The van der Waals surface area contributed by atoms with Gasteiger partial charge in [-0.1, -0.05) is 31.1 Å². The molecule has 0 amide bonds. The molecule has 160 valence electrons.